The Hall–Kier alpha value is -2.49. The third-order valence-corrected chi connectivity index (χ3v) is 5.18. The number of benzene rings is 1. The number of likely N-dealkylation sites (N-methyl/N-ethyl adjacent to an activating group) is 1. The van der Waals surface area contributed by atoms with E-state index in [1.807, 2.05) is 32.2 Å². The van der Waals surface area contributed by atoms with Crippen LogP contribution in [0.15, 0.2) is 23.6 Å². The van der Waals surface area contributed by atoms with Crippen molar-refractivity contribution in [2.75, 3.05) is 25.0 Å². The summed E-state index contributed by atoms with van der Waals surface area (Å²) in [5.41, 5.74) is 7.10. The minimum absolute atomic E-state index is 0.0300. The zero-order valence-corrected chi connectivity index (χ0v) is 18.1. The fourth-order valence-electron chi connectivity index (χ4n) is 2.45. The lowest BCUT2D eigenvalue weighted by Crippen LogP contribution is -2.48. The first-order valence-electron chi connectivity index (χ1n) is 9.04. The Bertz CT molecular complexity index is 886. The molecule has 0 atom stereocenters. The molecule has 1 aromatic heterocycles. The number of nitrogens with one attached hydrogen (secondary N) is 3. The standard InChI is InChI=1S/C19H24ClN5O3S/c1-4-25(9-17(27)22-15-7-14(20)6-5-12(15)2)10-18(28)24-23-16(26)8-19-21-13(3)11-29-19/h5-7,11H,4,8-10H2,1-3H3,(H,22,27)(H,23,26)(H,24,28). The Labute approximate surface area is 178 Å². The number of nitrogens with zero attached hydrogens (tertiary/aromatic N) is 2. The molecular weight excluding hydrogens is 414 g/mol. The number of hydrogen-bond donors (Lipinski definition) is 3. The second kappa shape index (κ2) is 10.9. The molecule has 3 N–H and O–H groups in total. The molecule has 0 saturated heterocycles. The number of thiazole rings is 1. The van der Waals surface area contributed by atoms with Crippen LogP contribution in [-0.2, 0) is 20.8 Å². The monoisotopic (exact) mass is 437 g/mol. The number of aromatic nitrogens is 1. The molecule has 1 aromatic carbocycles. The van der Waals surface area contributed by atoms with Crippen molar-refractivity contribution in [3.63, 3.8) is 0 Å². The number of anilines is 1. The lowest BCUT2D eigenvalue weighted by Gasteiger charge is -2.20. The van der Waals surface area contributed by atoms with Gasteiger partial charge in [0.15, 0.2) is 0 Å². The number of carbonyl (C=O) groups is 3. The van der Waals surface area contributed by atoms with E-state index in [1.54, 1.807) is 17.0 Å². The highest BCUT2D eigenvalue weighted by atomic mass is 35.5. The minimum atomic E-state index is -0.415. The summed E-state index contributed by atoms with van der Waals surface area (Å²) in [5, 5.41) is 5.86. The topological polar surface area (TPSA) is 103 Å². The largest absolute Gasteiger partial charge is 0.325 e. The summed E-state index contributed by atoms with van der Waals surface area (Å²) in [5.74, 6) is -1.03. The van der Waals surface area contributed by atoms with Crippen molar-refractivity contribution in [3.8, 4) is 0 Å². The normalized spacial score (nSPS) is 10.7. The first kappa shape index (κ1) is 22.8. The van der Waals surface area contributed by atoms with Gasteiger partial charge in [-0.3, -0.25) is 30.1 Å². The van der Waals surface area contributed by atoms with Gasteiger partial charge in [-0.2, -0.15) is 0 Å². The third-order valence-electron chi connectivity index (χ3n) is 3.98. The number of halogens is 1. The molecule has 3 amide bonds. The SMILES string of the molecule is CCN(CC(=O)NNC(=O)Cc1nc(C)cs1)CC(=O)Nc1cc(Cl)ccc1C. The van der Waals surface area contributed by atoms with Crippen LogP contribution >= 0.6 is 22.9 Å². The van der Waals surface area contributed by atoms with Crippen molar-refractivity contribution in [1.82, 2.24) is 20.7 Å². The van der Waals surface area contributed by atoms with Crippen LogP contribution in [-0.4, -0.2) is 47.2 Å². The van der Waals surface area contributed by atoms with Gasteiger partial charge in [0.2, 0.25) is 11.8 Å². The number of hydrogen-bond acceptors (Lipinski definition) is 6. The molecule has 0 saturated carbocycles. The molecule has 8 nitrogen and oxygen atoms in total. The molecule has 10 heteroatoms. The summed E-state index contributed by atoms with van der Waals surface area (Å²) in [7, 11) is 0. The maximum absolute atomic E-state index is 12.3. The average Bonchev–Trinajstić information content (AvgIpc) is 3.07. The van der Waals surface area contributed by atoms with Gasteiger partial charge in [0.05, 0.1) is 19.5 Å². The van der Waals surface area contributed by atoms with Crippen LogP contribution in [0, 0.1) is 13.8 Å². The van der Waals surface area contributed by atoms with Gasteiger partial charge in [0, 0.05) is 21.8 Å². The fraction of sp³-hybridized carbons (Fsp3) is 0.368. The van der Waals surface area contributed by atoms with Crippen molar-refractivity contribution in [2.45, 2.75) is 27.2 Å². The first-order chi connectivity index (χ1) is 13.8. The Morgan fingerprint density at radius 3 is 2.45 bits per heavy atom. The second-order valence-corrected chi connectivity index (χ2v) is 7.85. The Kier molecular flexibility index (Phi) is 8.56. The van der Waals surface area contributed by atoms with E-state index in [-0.39, 0.29) is 31.3 Å². The Morgan fingerprint density at radius 2 is 1.79 bits per heavy atom. The summed E-state index contributed by atoms with van der Waals surface area (Å²) in [6, 6.07) is 5.25. The predicted molar refractivity (Wildman–Crippen MR) is 114 cm³/mol. The van der Waals surface area contributed by atoms with Gasteiger partial charge < -0.3 is 5.32 Å². The van der Waals surface area contributed by atoms with Gasteiger partial charge in [-0.25, -0.2) is 4.98 Å². The molecule has 0 aliphatic rings. The van der Waals surface area contributed by atoms with E-state index in [1.165, 1.54) is 11.3 Å². The molecule has 0 fully saturated rings. The van der Waals surface area contributed by atoms with Crippen LogP contribution in [0.1, 0.15) is 23.2 Å². The first-order valence-corrected chi connectivity index (χ1v) is 10.3. The van der Waals surface area contributed by atoms with Crippen molar-refractivity contribution < 1.29 is 14.4 Å². The summed E-state index contributed by atoms with van der Waals surface area (Å²) in [4.78, 5) is 42.1. The Morgan fingerprint density at radius 1 is 1.10 bits per heavy atom. The van der Waals surface area contributed by atoms with Gasteiger partial charge in [-0.05, 0) is 38.1 Å². The molecule has 0 radical (unpaired) electrons. The average molecular weight is 438 g/mol. The van der Waals surface area contributed by atoms with Gasteiger partial charge in [0.25, 0.3) is 5.91 Å². The highest BCUT2D eigenvalue weighted by molar-refractivity contribution is 7.09. The minimum Gasteiger partial charge on any atom is -0.325 e. The highest BCUT2D eigenvalue weighted by Crippen LogP contribution is 2.20. The molecular formula is C19H24ClN5O3S. The predicted octanol–water partition coefficient (Wildman–Crippen LogP) is 2.06. The fourth-order valence-corrected chi connectivity index (χ4v) is 3.39. The lowest BCUT2D eigenvalue weighted by atomic mass is 10.2. The van der Waals surface area contributed by atoms with E-state index < -0.39 is 5.91 Å². The van der Waals surface area contributed by atoms with E-state index in [2.05, 4.69) is 21.2 Å². The van der Waals surface area contributed by atoms with E-state index in [0.29, 0.717) is 22.3 Å². The molecule has 2 rings (SSSR count). The summed E-state index contributed by atoms with van der Waals surface area (Å²) < 4.78 is 0. The molecule has 156 valence electrons. The molecule has 2 aromatic rings. The van der Waals surface area contributed by atoms with Gasteiger partial charge in [-0.15, -0.1) is 11.3 Å². The van der Waals surface area contributed by atoms with Crippen LogP contribution < -0.4 is 16.2 Å². The van der Waals surface area contributed by atoms with E-state index in [4.69, 9.17) is 11.6 Å². The van der Waals surface area contributed by atoms with Crippen LogP contribution in [0.2, 0.25) is 5.02 Å². The zero-order valence-electron chi connectivity index (χ0n) is 16.5. The van der Waals surface area contributed by atoms with Gasteiger partial charge in [0.1, 0.15) is 5.01 Å². The lowest BCUT2D eigenvalue weighted by molar-refractivity contribution is -0.129. The molecule has 0 spiro atoms. The molecule has 1 heterocycles. The van der Waals surface area contributed by atoms with E-state index >= 15 is 0 Å². The third kappa shape index (κ3) is 7.80. The quantitative estimate of drug-likeness (QED) is 0.548. The van der Waals surface area contributed by atoms with Crippen LogP contribution in [0.3, 0.4) is 0 Å². The van der Waals surface area contributed by atoms with Gasteiger partial charge in [-0.1, -0.05) is 24.6 Å². The van der Waals surface area contributed by atoms with E-state index in [9.17, 15) is 14.4 Å². The molecule has 0 aliphatic heterocycles. The van der Waals surface area contributed by atoms with Crippen LogP contribution in [0.4, 0.5) is 5.69 Å². The summed E-state index contributed by atoms with van der Waals surface area (Å²) >= 11 is 7.35. The summed E-state index contributed by atoms with van der Waals surface area (Å²) in [6.45, 7) is 6.04. The number of rotatable bonds is 8. The van der Waals surface area contributed by atoms with Crippen LogP contribution in [0.25, 0.3) is 0 Å². The van der Waals surface area contributed by atoms with Crippen LogP contribution in [0.5, 0.6) is 0 Å². The number of hydrazine groups is 1. The van der Waals surface area contributed by atoms with Crippen molar-refractivity contribution in [1.29, 1.82) is 0 Å². The second-order valence-electron chi connectivity index (χ2n) is 6.47. The maximum Gasteiger partial charge on any atom is 0.252 e. The molecule has 0 bridgehead atoms. The highest BCUT2D eigenvalue weighted by Gasteiger charge is 2.15. The Balaban J connectivity index is 1.77. The van der Waals surface area contributed by atoms with Crippen molar-refractivity contribution >= 4 is 46.3 Å². The molecule has 29 heavy (non-hydrogen) atoms. The van der Waals surface area contributed by atoms with Gasteiger partial charge >= 0.3 is 0 Å². The van der Waals surface area contributed by atoms with Crippen molar-refractivity contribution in [3.05, 3.63) is 44.9 Å². The zero-order chi connectivity index (χ0) is 21.4. The smallest absolute Gasteiger partial charge is 0.252 e. The summed E-state index contributed by atoms with van der Waals surface area (Å²) in [6.07, 6.45) is 0.0949. The van der Waals surface area contributed by atoms with Crippen molar-refractivity contribution in [2.24, 2.45) is 0 Å². The molecule has 0 aliphatic carbocycles. The number of aryl methyl sites for hydroxylation is 2. The number of amides is 3. The molecule has 0 unspecified atom stereocenters. The number of carbonyl (C=O) groups excluding carboxylic acids is 3. The van der Waals surface area contributed by atoms with E-state index in [0.717, 1.165) is 11.3 Å². The maximum atomic E-state index is 12.3.